The summed E-state index contributed by atoms with van der Waals surface area (Å²) < 4.78 is 4.06. The maximum absolute atomic E-state index is 9.88. The SMILES string of the molecule is CCC(C)O[Si]([O-])([O-])[O-].[K+].[K+].[K+]. The summed E-state index contributed by atoms with van der Waals surface area (Å²) in [6.07, 6.45) is 0.0470. The van der Waals surface area contributed by atoms with Crippen LogP contribution >= 0.6 is 0 Å². The fraction of sp³-hybridized carbons (Fsp3) is 1.00. The van der Waals surface area contributed by atoms with Gasteiger partial charge in [-0.2, -0.15) is 0 Å². The van der Waals surface area contributed by atoms with Crippen LogP contribution in [-0.2, 0) is 4.43 Å². The van der Waals surface area contributed by atoms with Crippen molar-refractivity contribution in [2.45, 2.75) is 26.4 Å². The predicted octanol–water partition coefficient (Wildman–Crippen LogP) is -11.7. The normalized spacial score (nSPS) is 11.8. The van der Waals surface area contributed by atoms with Crippen LogP contribution in [0.1, 0.15) is 20.3 Å². The first-order valence-electron chi connectivity index (χ1n) is 2.74. The van der Waals surface area contributed by atoms with Gasteiger partial charge in [0.25, 0.3) is 0 Å². The minimum atomic E-state index is -4.99. The van der Waals surface area contributed by atoms with Crippen molar-refractivity contribution in [2.75, 3.05) is 0 Å². The van der Waals surface area contributed by atoms with Crippen molar-refractivity contribution in [1.82, 2.24) is 0 Å². The first-order chi connectivity index (χ1) is 3.95. The van der Waals surface area contributed by atoms with Gasteiger partial charge in [-0.25, -0.2) is 0 Å². The molecule has 0 bridgehead atoms. The molecule has 0 heterocycles. The molecule has 0 rings (SSSR count). The molecule has 0 saturated heterocycles. The van der Waals surface area contributed by atoms with Crippen LogP contribution in [0.15, 0.2) is 0 Å². The molecular weight excluding hydrogens is 257 g/mol. The molecule has 0 N–H and O–H groups in total. The predicted molar refractivity (Wildman–Crippen MR) is 26.6 cm³/mol. The zero-order valence-electron chi connectivity index (χ0n) is 8.42. The van der Waals surface area contributed by atoms with Crippen LogP contribution in [0.4, 0.5) is 0 Å². The van der Waals surface area contributed by atoms with Gasteiger partial charge in [-0.1, -0.05) is 6.92 Å². The van der Waals surface area contributed by atoms with E-state index in [-0.39, 0.29) is 154 Å². The molecule has 0 aromatic carbocycles. The molecule has 4 nitrogen and oxygen atoms in total. The van der Waals surface area contributed by atoms with Gasteiger partial charge >= 0.3 is 154 Å². The fourth-order valence-electron chi connectivity index (χ4n) is 0.330. The smallest absolute Gasteiger partial charge is 0.861 e. The van der Waals surface area contributed by atoms with Crippen molar-refractivity contribution >= 4 is 9.05 Å². The van der Waals surface area contributed by atoms with Crippen LogP contribution in [-0.4, -0.2) is 15.2 Å². The van der Waals surface area contributed by atoms with E-state index in [9.17, 15) is 14.4 Å². The molecule has 1 atom stereocenters. The minimum absolute atomic E-state index is 0. The molecule has 0 amide bonds. The summed E-state index contributed by atoms with van der Waals surface area (Å²) in [5.41, 5.74) is 0. The Morgan fingerprint density at radius 1 is 1.17 bits per heavy atom. The van der Waals surface area contributed by atoms with E-state index < -0.39 is 15.2 Å². The third kappa shape index (κ3) is 20.4. The van der Waals surface area contributed by atoms with E-state index in [1.807, 2.05) is 0 Å². The molecule has 8 heteroatoms. The van der Waals surface area contributed by atoms with Gasteiger partial charge < -0.3 is 18.8 Å². The first-order valence-corrected chi connectivity index (χ1v) is 4.38. The Kier molecular flexibility index (Phi) is 30.1. The van der Waals surface area contributed by atoms with Crippen molar-refractivity contribution in [3.05, 3.63) is 0 Å². The van der Waals surface area contributed by atoms with Crippen molar-refractivity contribution in [3.8, 4) is 0 Å². The Hall–Kier alpha value is 4.97. The van der Waals surface area contributed by atoms with Crippen molar-refractivity contribution in [1.29, 1.82) is 0 Å². The molecule has 0 radical (unpaired) electrons. The summed E-state index contributed by atoms with van der Waals surface area (Å²) in [7, 11) is -4.99. The molecule has 0 aliphatic rings. The van der Waals surface area contributed by atoms with Gasteiger partial charge in [-0.15, -0.1) is 9.05 Å². The molecule has 0 spiro atoms. The van der Waals surface area contributed by atoms with E-state index in [4.69, 9.17) is 0 Å². The van der Waals surface area contributed by atoms with E-state index in [0.717, 1.165) is 0 Å². The fourth-order valence-corrected chi connectivity index (χ4v) is 0.989. The zero-order valence-corrected chi connectivity index (χ0v) is 18.8. The van der Waals surface area contributed by atoms with Gasteiger partial charge in [0.05, 0.1) is 0 Å². The molecule has 0 aromatic rings. The largest absolute Gasteiger partial charge is 1.00 e. The van der Waals surface area contributed by atoms with Crippen LogP contribution in [0.5, 0.6) is 0 Å². The van der Waals surface area contributed by atoms with Gasteiger partial charge in [0.15, 0.2) is 0 Å². The van der Waals surface area contributed by atoms with Crippen LogP contribution in [0.2, 0.25) is 0 Å². The second kappa shape index (κ2) is 14.0. The maximum atomic E-state index is 9.88. The molecule has 1 unspecified atom stereocenters. The standard InChI is InChI=1S/C4H9O4Si.3K/c1-3-4(2)8-9(5,6)7;;;/h4H,3H2,1-2H3;;;/q-3;3*+1. The second-order valence-corrected chi connectivity index (χ2v) is 3.07. The van der Waals surface area contributed by atoms with E-state index >= 15 is 0 Å². The Labute approximate surface area is 202 Å². The summed E-state index contributed by atoms with van der Waals surface area (Å²) in [5, 5.41) is 0. The number of hydrogen-bond acceptors (Lipinski definition) is 4. The number of hydrogen-bond donors (Lipinski definition) is 0. The molecule has 0 fully saturated rings. The van der Waals surface area contributed by atoms with E-state index in [0.29, 0.717) is 6.42 Å². The molecule has 12 heavy (non-hydrogen) atoms. The first kappa shape index (κ1) is 25.7. The van der Waals surface area contributed by atoms with Gasteiger partial charge in [0.1, 0.15) is 0 Å². The third-order valence-corrected chi connectivity index (χ3v) is 1.61. The summed E-state index contributed by atoms with van der Waals surface area (Å²) in [4.78, 5) is 29.6. The van der Waals surface area contributed by atoms with E-state index in [1.165, 1.54) is 6.92 Å². The average Bonchev–Trinajstić information content (AvgIpc) is 1.62. The van der Waals surface area contributed by atoms with Crippen LogP contribution < -0.4 is 169 Å². The molecule has 0 aliphatic heterocycles. The van der Waals surface area contributed by atoms with Crippen molar-refractivity contribution in [2.24, 2.45) is 0 Å². The Morgan fingerprint density at radius 2 is 1.50 bits per heavy atom. The summed E-state index contributed by atoms with van der Waals surface area (Å²) >= 11 is 0. The Balaban J connectivity index is -0.000000107. The topological polar surface area (TPSA) is 78.4 Å². The van der Waals surface area contributed by atoms with Gasteiger partial charge in [0.2, 0.25) is 0 Å². The minimum Gasteiger partial charge on any atom is -0.861 e. The summed E-state index contributed by atoms with van der Waals surface area (Å²) in [5.74, 6) is 0. The monoisotopic (exact) mass is 266 g/mol. The summed E-state index contributed by atoms with van der Waals surface area (Å²) in [6, 6.07) is 0. The zero-order chi connectivity index (χ0) is 7.49. The molecule has 0 aliphatic carbocycles. The molecular formula is C4H9K3O4Si. The third-order valence-electron chi connectivity index (χ3n) is 0.920. The van der Waals surface area contributed by atoms with Crippen molar-refractivity contribution < 1.29 is 173 Å². The van der Waals surface area contributed by atoms with Gasteiger partial charge in [-0.05, 0) is 13.3 Å². The Morgan fingerprint density at radius 3 is 1.58 bits per heavy atom. The maximum Gasteiger partial charge on any atom is 1.00 e. The van der Waals surface area contributed by atoms with Gasteiger partial charge in [-0.3, -0.25) is 0 Å². The molecule has 0 saturated carbocycles. The molecule has 56 valence electrons. The summed E-state index contributed by atoms with van der Waals surface area (Å²) in [6.45, 7) is 3.28. The van der Waals surface area contributed by atoms with E-state index in [2.05, 4.69) is 4.43 Å². The second-order valence-electron chi connectivity index (χ2n) is 1.84. The van der Waals surface area contributed by atoms with Crippen LogP contribution in [0, 0.1) is 0 Å². The van der Waals surface area contributed by atoms with Crippen LogP contribution in [0.25, 0.3) is 0 Å². The number of rotatable bonds is 3. The van der Waals surface area contributed by atoms with Crippen LogP contribution in [0.3, 0.4) is 0 Å². The van der Waals surface area contributed by atoms with Crippen molar-refractivity contribution in [3.63, 3.8) is 0 Å². The van der Waals surface area contributed by atoms with E-state index in [1.54, 1.807) is 6.92 Å². The Bertz CT molecular complexity index is 88.9. The average molecular weight is 266 g/mol. The van der Waals surface area contributed by atoms with Gasteiger partial charge in [0, 0.05) is 6.10 Å². The molecule has 0 aromatic heterocycles. The quantitative estimate of drug-likeness (QED) is 0.475.